The number of benzene rings is 2. The highest BCUT2D eigenvalue weighted by Gasteiger charge is 2.29. The van der Waals surface area contributed by atoms with Crippen molar-refractivity contribution in [1.82, 2.24) is 0 Å². The Kier molecular flexibility index (Phi) is 10.1. The zero-order valence-electron chi connectivity index (χ0n) is 18.1. The highest BCUT2D eigenvalue weighted by atomic mass is 127. The molecule has 0 unspecified atom stereocenters. The van der Waals surface area contributed by atoms with Gasteiger partial charge in [-0.15, -0.1) is 0 Å². The van der Waals surface area contributed by atoms with E-state index in [1.165, 1.54) is 14.2 Å². The molecule has 0 saturated heterocycles. The van der Waals surface area contributed by atoms with Gasteiger partial charge in [0.1, 0.15) is 13.7 Å². The summed E-state index contributed by atoms with van der Waals surface area (Å²) in [5, 5.41) is 8.08. The average Bonchev–Trinajstić information content (AvgIpc) is 2.71. The number of oxime groups is 2. The molecular formula is C22H22FI3N2O4. The van der Waals surface area contributed by atoms with E-state index in [-0.39, 0.29) is 12.3 Å². The summed E-state index contributed by atoms with van der Waals surface area (Å²) in [5.41, 5.74) is 4.91. The SMILES string of the molecule is CO/N=C(/C(=O)OC)c1cccc(C)c1CO/N=C(\C)c1c(I)cc(C)cc1C(F)(I)I. The predicted octanol–water partition coefficient (Wildman–Crippen LogP) is 6.32. The van der Waals surface area contributed by atoms with Crippen LogP contribution >= 0.6 is 67.8 Å². The van der Waals surface area contributed by atoms with Gasteiger partial charge in [0.2, 0.25) is 1.68 Å². The Balaban J connectivity index is 2.41. The first-order chi connectivity index (χ1) is 15.0. The number of hydrogen-bond donors (Lipinski definition) is 0. The lowest BCUT2D eigenvalue weighted by Crippen LogP contribution is -2.20. The highest BCUT2D eigenvalue weighted by molar-refractivity contribution is 14.2. The lowest BCUT2D eigenvalue weighted by molar-refractivity contribution is -0.132. The maximum atomic E-state index is 14.9. The van der Waals surface area contributed by atoms with Crippen molar-refractivity contribution in [3.05, 3.63) is 67.3 Å². The van der Waals surface area contributed by atoms with Gasteiger partial charge in [-0.25, -0.2) is 9.18 Å². The third-order valence-electron chi connectivity index (χ3n) is 4.54. The zero-order valence-corrected chi connectivity index (χ0v) is 24.6. The fourth-order valence-electron chi connectivity index (χ4n) is 3.07. The number of hydrogen-bond acceptors (Lipinski definition) is 6. The van der Waals surface area contributed by atoms with Crippen molar-refractivity contribution in [3.8, 4) is 0 Å². The molecule has 0 aromatic heterocycles. The maximum absolute atomic E-state index is 14.9. The number of halogens is 4. The van der Waals surface area contributed by atoms with Crippen molar-refractivity contribution < 1.29 is 23.6 Å². The van der Waals surface area contributed by atoms with Crippen molar-refractivity contribution in [2.45, 2.75) is 29.1 Å². The predicted molar refractivity (Wildman–Crippen MR) is 148 cm³/mol. The summed E-state index contributed by atoms with van der Waals surface area (Å²) in [7, 11) is 2.63. The van der Waals surface area contributed by atoms with E-state index in [0.29, 0.717) is 28.0 Å². The Labute approximate surface area is 227 Å². The molecular weight excluding hydrogens is 756 g/mol. The second kappa shape index (κ2) is 11.9. The first kappa shape index (κ1) is 27.2. The Morgan fingerprint density at radius 2 is 1.84 bits per heavy atom. The van der Waals surface area contributed by atoms with Crippen LogP contribution in [-0.4, -0.2) is 31.6 Å². The van der Waals surface area contributed by atoms with Gasteiger partial charge in [0.25, 0.3) is 0 Å². The largest absolute Gasteiger partial charge is 0.464 e. The fourth-order valence-corrected chi connectivity index (χ4v) is 5.10. The summed E-state index contributed by atoms with van der Waals surface area (Å²) in [4.78, 5) is 22.7. The smallest absolute Gasteiger partial charge is 0.360 e. The van der Waals surface area contributed by atoms with Gasteiger partial charge in [0.05, 0.1) is 12.8 Å². The number of methoxy groups -OCH3 is 1. The monoisotopic (exact) mass is 778 g/mol. The number of carbonyl (C=O) groups is 1. The molecule has 0 amide bonds. The second-order valence-electron chi connectivity index (χ2n) is 6.83. The molecule has 2 aromatic carbocycles. The van der Waals surface area contributed by atoms with Crippen LogP contribution in [0, 0.1) is 17.4 Å². The molecule has 2 aromatic rings. The first-order valence-electron chi connectivity index (χ1n) is 9.33. The van der Waals surface area contributed by atoms with Gasteiger partial charge in [0, 0.05) is 25.8 Å². The molecule has 0 heterocycles. The number of esters is 1. The number of aryl methyl sites for hydroxylation is 2. The molecule has 0 aliphatic heterocycles. The number of rotatable bonds is 8. The van der Waals surface area contributed by atoms with Crippen LogP contribution in [0.3, 0.4) is 0 Å². The van der Waals surface area contributed by atoms with Crippen molar-refractivity contribution in [2.24, 2.45) is 10.3 Å². The van der Waals surface area contributed by atoms with Gasteiger partial charge in [-0.2, -0.15) is 0 Å². The van der Waals surface area contributed by atoms with Crippen LogP contribution in [0.15, 0.2) is 40.6 Å². The van der Waals surface area contributed by atoms with Gasteiger partial charge in [-0.1, -0.05) is 34.6 Å². The van der Waals surface area contributed by atoms with Gasteiger partial charge in [-0.3, -0.25) is 0 Å². The van der Waals surface area contributed by atoms with Crippen LogP contribution in [0.1, 0.15) is 40.3 Å². The van der Waals surface area contributed by atoms with E-state index < -0.39 is 7.65 Å². The van der Waals surface area contributed by atoms with E-state index in [4.69, 9.17) is 14.4 Å². The average molecular weight is 778 g/mol. The van der Waals surface area contributed by atoms with Gasteiger partial charge in [0.15, 0.2) is 5.71 Å². The first-order valence-corrected chi connectivity index (χ1v) is 12.6. The van der Waals surface area contributed by atoms with E-state index in [2.05, 4.69) is 32.9 Å². The summed E-state index contributed by atoms with van der Waals surface area (Å²) < 4.78 is 19.0. The quantitative estimate of drug-likeness (QED) is 0.104. The van der Waals surface area contributed by atoms with E-state index >= 15 is 0 Å². The molecule has 0 radical (unpaired) electrons. The molecule has 10 heteroatoms. The van der Waals surface area contributed by atoms with Gasteiger partial charge in [-0.05, 0) is 106 Å². The Morgan fingerprint density at radius 1 is 1.16 bits per heavy atom. The highest BCUT2D eigenvalue weighted by Crippen LogP contribution is 2.44. The number of alkyl halides is 3. The normalized spacial score (nSPS) is 12.5. The van der Waals surface area contributed by atoms with E-state index in [0.717, 1.165) is 14.7 Å². The topological polar surface area (TPSA) is 69.5 Å². The number of nitrogens with zero attached hydrogens (tertiary/aromatic N) is 2. The lowest BCUT2D eigenvalue weighted by atomic mass is 9.99. The van der Waals surface area contributed by atoms with Crippen LogP contribution in [0.25, 0.3) is 0 Å². The zero-order chi connectivity index (χ0) is 24.1. The Morgan fingerprint density at radius 3 is 2.44 bits per heavy atom. The van der Waals surface area contributed by atoms with Gasteiger partial charge < -0.3 is 14.4 Å². The molecule has 0 atom stereocenters. The molecule has 172 valence electrons. The minimum Gasteiger partial charge on any atom is -0.464 e. The maximum Gasteiger partial charge on any atom is 0.360 e. The summed E-state index contributed by atoms with van der Waals surface area (Å²) >= 11 is 5.71. The molecule has 6 nitrogen and oxygen atoms in total. The van der Waals surface area contributed by atoms with Crippen molar-refractivity contribution >= 4 is 85.2 Å². The summed E-state index contributed by atoms with van der Waals surface area (Å²) in [6.07, 6.45) is 0. The van der Waals surface area contributed by atoms with Crippen LogP contribution in [0.2, 0.25) is 0 Å². The van der Waals surface area contributed by atoms with Crippen LogP contribution < -0.4 is 0 Å². The summed E-state index contributed by atoms with van der Waals surface area (Å²) in [6.45, 7) is 5.68. The van der Waals surface area contributed by atoms with Crippen LogP contribution in [0.5, 0.6) is 0 Å². The fraction of sp³-hybridized carbons (Fsp3) is 0.318. The Bertz CT molecular complexity index is 1070. The summed E-state index contributed by atoms with van der Waals surface area (Å²) in [6, 6.07) is 9.23. The Hall–Kier alpha value is -1.03. The molecule has 2 rings (SSSR count). The third kappa shape index (κ3) is 6.74. The molecule has 0 aliphatic carbocycles. The minimum absolute atomic E-state index is 0.0328. The molecule has 0 fully saturated rings. The van der Waals surface area contributed by atoms with Gasteiger partial charge >= 0.3 is 5.97 Å². The van der Waals surface area contributed by atoms with E-state index in [1.54, 1.807) is 64.2 Å². The van der Waals surface area contributed by atoms with E-state index in [9.17, 15) is 9.18 Å². The molecule has 0 bridgehead atoms. The van der Waals surface area contributed by atoms with Crippen molar-refractivity contribution in [3.63, 3.8) is 0 Å². The standard InChI is InChI=1S/C22H22FI3N2O4/c1-12-9-17(22(23,25)26)19(18(24)10-12)14(3)27-32-11-16-13(2)7-6-8-15(16)20(28-31-5)21(29)30-4/h6-10H,11H2,1-5H3/b27-14+,28-20+. The molecule has 0 saturated carbocycles. The van der Waals surface area contributed by atoms with Crippen LogP contribution in [0.4, 0.5) is 4.39 Å². The molecule has 0 N–H and O–H groups in total. The summed E-state index contributed by atoms with van der Waals surface area (Å²) in [5.74, 6) is -0.624. The molecule has 0 aliphatic rings. The van der Waals surface area contributed by atoms with Crippen molar-refractivity contribution in [1.29, 1.82) is 0 Å². The molecule has 0 spiro atoms. The number of ether oxygens (including phenoxy) is 1. The third-order valence-corrected chi connectivity index (χ3v) is 6.55. The lowest BCUT2D eigenvalue weighted by Gasteiger charge is -2.18. The number of carbonyl (C=O) groups excluding carboxylic acids is 1. The van der Waals surface area contributed by atoms with Crippen LogP contribution in [-0.2, 0) is 27.5 Å². The second-order valence-corrected chi connectivity index (χ2v) is 13.0. The molecule has 32 heavy (non-hydrogen) atoms. The van der Waals surface area contributed by atoms with E-state index in [1.807, 2.05) is 32.0 Å². The minimum atomic E-state index is -1.59. The van der Waals surface area contributed by atoms with Crippen molar-refractivity contribution in [2.75, 3.05) is 14.2 Å².